The first-order chi connectivity index (χ1) is 13.0. The minimum Gasteiger partial charge on any atom is -0.356 e. The van der Waals surface area contributed by atoms with Gasteiger partial charge >= 0.3 is 0 Å². The van der Waals surface area contributed by atoms with E-state index >= 15 is 0 Å². The number of aryl methyl sites for hydroxylation is 1. The summed E-state index contributed by atoms with van der Waals surface area (Å²) in [5.41, 5.74) is 2.17. The van der Waals surface area contributed by atoms with Gasteiger partial charge in [0, 0.05) is 18.0 Å². The van der Waals surface area contributed by atoms with Crippen LogP contribution in [0.25, 0.3) is 11.4 Å². The number of nitrogens with zero attached hydrogens (tertiary/aromatic N) is 3. The predicted molar refractivity (Wildman–Crippen MR) is 105 cm³/mol. The highest BCUT2D eigenvalue weighted by Crippen LogP contribution is 2.21. The summed E-state index contributed by atoms with van der Waals surface area (Å²) in [6, 6.07) is 8.10. The number of aromatic nitrogens is 2. The molecule has 6 heteroatoms. The highest BCUT2D eigenvalue weighted by atomic mass is 16.5. The molecule has 0 unspecified atom stereocenters. The molecule has 1 aliphatic rings. The number of nitrogens with one attached hydrogen (secondary N) is 1. The summed E-state index contributed by atoms with van der Waals surface area (Å²) in [7, 11) is 0. The molecule has 0 radical (unpaired) electrons. The van der Waals surface area contributed by atoms with E-state index in [9.17, 15) is 4.79 Å². The van der Waals surface area contributed by atoms with Crippen LogP contribution in [0.4, 0.5) is 0 Å². The summed E-state index contributed by atoms with van der Waals surface area (Å²) in [5, 5.41) is 7.17. The molecule has 0 spiro atoms. The fraction of sp³-hybridized carbons (Fsp3) is 0.571. The van der Waals surface area contributed by atoms with Crippen LogP contribution in [0, 0.1) is 18.8 Å². The molecule has 146 valence electrons. The van der Waals surface area contributed by atoms with Crippen LogP contribution in [-0.2, 0) is 11.3 Å². The Balaban J connectivity index is 1.45. The van der Waals surface area contributed by atoms with Crippen molar-refractivity contribution in [1.29, 1.82) is 0 Å². The van der Waals surface area contributed by atoms with Gasteiger partial charge in [-0.3, -0.25) is 9.69 Å². The summed E-state index contributed by atoms with van der Waals surface area (Å²) in [4.78, 5) is 19.1. The normalized spacial score (nSPS) is 16.0. The van der Waals surface area contributed by atoms with E-state index in [0.717, 1.165) is 44.5 Å². The maximum Gasteiger partial charge on any atom is 0.241 e. The van der Waals surface area contributed by atoms with Crippen LogP contribution in [0.2, 0.25) is 0 Å². The number of carbonyl (C=O) groups excluding carboxylic acids is 1. The van der Waals surface area contributed by atoms with Crippen molar-refractivity contribution < 1.29 is 9.32 Å². The highest BCUT2D eigenvalue weighted by molar-refractivity contribution is 5.78. The Morgan fingerprint density at radius 3 is 2.63 bits per heavy atom. The van der Waals surface area contributed by atoms with Crippen molar-refractivity contribution in [3.05, 3.63) is 35.7 Å². The summed E-state index contributed by atoms with van der Waals surface area (Å²) < 4.78 is 5.42. The average molecular weight is 370 g/mol. The van der Waals surface area contributed by atoms with Crippen LogP contribution in [-0.4, -0.2) is 40.6 Å². The van der Waals surface area contributed by atoms with Crippen LogP contribution < -0.4 is 5.32 Å². The van der Waals surface area contributed by atoms with Gasteiger partial charge in [0.25, 0.3) is 0 Å². The Kier molecular flexibility index (Phi) is 6.61. The van der Waals surface area contributed by atoms with Crippen LogP contribution in [0.1, 0.15) is 44.6 Å². The van der Waals surface area contributed by atoms with Crippen molar-refractivity contribution in [1.82, 2.24) is 20.4 Å². The van der Waals surface area contributed by atoms with Gasteiger partial charge in [0.1, 0.15) is 0 Å². The highest BCUT2D eigenvalue weighted by Gasteiger charge is 2.25. The second-order valence-electron chi connectivity index (χ2n) is 7.90. The number of hydrogen-bond acceptors (Lipinski definition) is 5. The van der Waals surface area contributed by atoms with Crippen LogP contribution >= 0.6 is 0 Å². The second-order valence-corrected chi connectivity index (χ2v) is 7.90. The summed E-state index contributed by atoms with van der Waals surface area (Å²) in [5.74, 6) is 2.20. The molecular formula is C21H30N4O2. The van der Waals surface area contributed by atoms with E-state index in [0.29, 0.717) is 24.2 Å². The van der Waals surface area contributed by atoms with Crippen molar-refractivity contribution in [3.63, 3.8) is 0 Å². The number of rotatable bonds is 7. The van der Waals surface area contributed by atoms with E-state index in [4.69, 9.17) is 4.52 Å². The second kappa shape index (κ2) is 9.13. The maximum absolute atomic E-state index is 12.3. The van der Waals surface area contributed by atoms with E-state index in [1.54, 1.807) is 0 Å². The number of likely N-dealkylation sites (tertiary alicyclic amines) is 1. The van der Waals surface area contributed by atoms with E-state index < -0.39 is 0 Å². The summed E-state index contributed by atoms with van der Waals surface area (Å²) in [6.45, 7) is 9.58. The molecule has 1 amide bonds. The van der Waals surface area contributed by atoms with E-state index in [1.165, 1.54) is 5.56 Å². The Hall–Kier alpha value is -2.21. The third-order valence-electron chi connectivity index (χ3n) is 5.12. The fourth-order valence-corrected chi connectivity index (χ4v) is 3.31. The molecule has 6 nitrogen and oxygen atoms in total. The molecule has 0 atom stereocenters. The minimum absolute atomic E-state index is 0.124. The largest absolute Gasteiger partial charge is 0.356 e. The molecule has 1 aliphatic heterocycles. The Bertz CT molecular complexity index is 731. The molecule has 1 saturated heterocycles. The molecule has 1 fully saturated rings. The molecule has 1 N–H and O–H groups in total. The van der Waals surface area contributed by atoms with Crippen LogP contribution in [0.5, 0.6) is 0 Å². The Morgan fingerprint density at radius 2 is 1.96 bits per heavy atom. The van der Waals surface area contributed by atoms with Gasteiger partial charge in [-0.1, -0.05) is 48.8 Å². The zero-order valence-electron chi connectivity index (χ0n) is 16.6. The van der Waals surface area contributed by atoms with Crippen molar-refractivity contribution in [2.45, 2.75) is 46.6 Å². The zero-order valence-corrected chi connectivity index (χ0v) is 16.6. The van der Waals surface area contributed by atoms with Gasteiger partial charge in [-0.2, -0.15) is 4.98 Å². The lowest BCUT2D eigenvalue weighted by atomic mass is 9.96. The lowest BCUT2D eigenvalue weighted by Gasteiger charge is -2.30. The molecule has 1 aromatic heterocycles. The zero-order chi connectivity index (χ0) is 19.2. The third kappa shape index (κ3) is 5.63. The van der Waals surface area contributed by atoms with Gasteiger partial charge in [-0.15, -0.1) is 0 Å². The third-order valence-corrected chi connectivity index (χ3v) is 5.12. The average Bonchev–Trinajstić information content (AvgIpc) is 3.11. The molecule has 0 bridgehead atoms. The topological polar surface area (TPSA) is 71.3 Å². The molecule has 27 heavy (non-hydrogen) atoms. The SMILES string of the molecule is Cc1ccc(-c2noc(CN3CCC(C(=O)NCCC(C)C)CC3)n2)cc1. The van der Waals surface area contributed by atoms with E-state index in [2.05, 4.69) is 41.1 Å². The lowest BCUT2D eigenvalue weighted by Crippen LogP contribution is -2.40. The van der Waals surface area contributed by atoms with Crippen LogP contribution in [0.3, 0.4) is 0 Å². The van der Waals surface area contributed by atoms with Crippen molar-refractivity contribution in [3.8, 4) is 11.4 Å². The standard InChI is InChI=1S/C21H30N4O2/c1-15(2)8-11-22-21(26)18-9-12-25(13-10-18)14-19-23-20(24-27-19)17-6-4-16(3)5-7-17/h4-7,15,18H,8-14H2,1-3H3,(H,22,26). The summed E-state index contributed by atoms with van der Waals surface area (Å²) in [6.07, 6.45) is 2.80. The molecule has 0 saturated carbocycles. The smallest absolute Gasteiger partial charge is 0.241 e. The first-order valence-corrected chi connectivity index (χ1v) is 9.91. The van der Waals surface area contributed by atoms with E-state index in [-0.39, 0.29) is 11.8 Å². The van der Waals surface area contributed by atoms with E-state index in [1.807, 2.05) is 24.3 Å². The molecule has 2 heterocycles. The molecule has 1 aromatic carbocycles. The molecule has 2 aromatic rings. The quantitative estimate of drug-likeness (QED) is 0.809. The van der Waals surface area contributed by atoms with Crippen molar-refractivity contribution >= 4 is 5.91 Å². The predicted octanol–water partition coefficient (Wildman–Crippen LogP) is 3.42. The lowest BCUT2D eigenvalue weighted by molar-refractivity contribution is -0.126. The Labute approximate surface area is 161 Å². The summed E-state index contributed by atoms with van der Waals surface area (Å²) >= 11 is 0. The van der Waals surface area contributed by atoms with Gasteiger partial charge in [-0.05, 0) is 45.2 Å². The first-order valence-electron chi connectivity index (χ1n) is 9.91. The number of carbonyl (C=O) groups is 1. The maximum atomic E-state index is 12.3. The van der Waals surface area contributed by atoms with Gasteiger partial charge in [0.05, 0.1) is 6.54 Å². The number of amides is 1. The fourth-order valence-electron chi connectivity index (χ4n) is 3.31. The number of hydrogen-bond donors (Lipinski definition) is 1. The number of benzene rings is 1. The monoisotopic (exact) mass is 370 g/mol. The number of piperidine rings is 1. The Morgan fingerprint density at radius 1 is 1.26 bits per heavy atom. The van der Waals surface area contributed by atoms with Crippen LogP contribution in [0.15, 0.2) is 28.8 Å². The van der Waals surface area contributed by atoms with Gasteiger partial charge in [-0.25, -0.2) is 0 Å². The molecule has 3 rings (SSSR count). The molecule has 0 aliphatic carbocycles. The van der Waals surface area contributed by atoms with Crippen molar-refractivity contribution in [2.75, 3.05) is 19.6 Å². The molecular weight excluding hydrogens is 340 g/mol. The van der Waals surface area contributed by atoms with Gasteiger partial charge in [0.15, 0.2) is 0 Å². The van der Waals surface area contributed by atoms with Crippen molar-refractivity contribution in [2.24, 2.45) is 11.8 Å². The minimum atomic E-state index is 0.124. The van der Waals surface area contributed by atoms with Gasteiger partial charge in [0.2, 0.25) is 17.6 Å². The van der Waals surface area contributed by atoms with Gasteiger partial charge < -0.3 is 9.84 Å². The first kappa shape index (κ1) is 19.5.